The van der Waals surface area contributed by atoms with Gasteiger partial charge in [0.15, 0.2) is 0 Å². The van der Waals surface area contributed by atoms with Gasteiger partial charge in [0.1, 0.15) is 11.4 Å². The summed E-state index contributed by atoms with van der Waals surface area (Å²) in [5.74, 6) is -0.180. The Bertz CT molecular complexity index is 478. The summed E-state index contributed by atoms with van der Waals surface area (Å²) in [7, 11) is 0. The molecule has 15 heavy (non-hydrogen) atoms. The van der Waals surface area contributed by atoms with E-state index < -0.39 is 0 Å². The van der Waals surface area contributed by atoms with E-state index in [1.807, 2.05) is 6.92 Å². The van der Waals surface area contributed by atoms with Crippen LogP contribution in [-0.4, -0.2) is 20.5 Å². The van der Waals surface area contributed by atoms with Gasteiger partial charge >= 0.3 is 0 Å². The number of hydrogen-bond donors (Lipinski definition) is 0. The normalized spacial score (nSPS) is 10.5. The second-order valence-corrected chi connectivity index (χ2v) is 3.99. The molecule has 0 N–H and O–H groups in total. The monoisotopic (exact) mass is 241 g/mol. The Labute approximate surface area is 95.5 Å². The Morgan fingerprint density at radius 1 is 1.67 bits per heavy atom. The van der Waals surface area contributed by atoms with Gasteiger partial charge < -0.3 is 0 Å². The second kappa shape index (κ2) is 4.12. The van der Waals surface area contributed by atoms with Gasteiger partial charge in [-0.3, -0.25) is 9.48 Å². The van der Waals surface area contributed by atoms with E-state index in [1.54, 1.807) is 15.6 Å². The van der Waals surface area contributed by atoms with Gasteiger partial charge in [0.05, 0.1) is 16.7 Å². The highest BCUT2D eigenvalue weighted by Crippen LogP contribution is 2.19. The number of carbonyl (C=O) groups excluding carboxylic acids is 1. The third-order valence-corrected chi connectivity index (χ3v) is 2.84. The van der Waals surface area contributed by atoms with Crippen LogP contribution >= 0.6 is 22.9 Å². The van der Waals surface area contributed by atoms with Gasteiger partial charge in [-0.15, -0.1) is 11.3 Å². The van der Waals surface area contributed by atoms with Gasteiger partial charge in [0.25, 0.3) is 0 Å². The molecule has 0 saturated heterocycles. The molecule has 6 heteroatoms. The van der Waals surface area contributed by atoms with Crippen LogP contribution < -0.4 is 0 Å². The van der Waals surface area contributed by atoms with Crippen LogP contribution in [0, 0.1) is 0 Å². The molecule has 2 rings (SSSR count). The molecular weight excluding hydrogens is 234 g/mol. The molecule has 4 nitrogen and oxygen atoms in total. The molecule has 0 saturated carbocycles. The zero-order valence-corrected chi connectivity index (χ0v) is 9.55. The first-order valence-electron chi connectivity index (χ1n) is 4.38. The fourth-order valence-corrected chi connectivity index (χ4v) is 2.03. The maximum atomic E-state index is 12.0. The molecule has 0 aliphatic heterocycles. The van der Waals surface area contributed by atoms with Gasteiger partial charge in [-0.05, 0) is 6.92 Å². The Hall–Kier alpha value is -1.20. The number of carbonyl (C=O) groups is 1. The van der Waals surface area contributed by atoms with Crippen molar-refractivity contribution in [2.75, 3.05) is 0 Å². The molecule has 2 aromatic heterocycles. The van der Waals surface area contributed by atoms with Crippen molar-refractivity contribution in [2.24, 2.45) is 0 Å². The third-order valence-electron chi connectivity index (χ3n) is 1.97. The minimum absolute atomic E-state index is 0.180. The van der Waals surface area contributed by atoms with E-state index in [0.717, 1.165) is 0 Å². The summed E-state index contributed by atoms with van der Waals surface area (Å²) in [4.78, 5) is 15.9. The zero-order chi connectivity index (χ0) is 10.8. The summed E-state index contributed by atoms with van der Waals surface area (Å²) in [6, 6.07) is 0. The molecule has 0 atom stereocenters. The number of hydrogen-bond acceptors (Lipinski definition) is 4. The number of ketones is 1. The van der Waals surface area contributed by atoms with E-state index in [-0.39, 0.29) is 5.78 Å². The summed E-state index contributed by atoms with van der Waals surface area (Å²) < 4.78 is 1.57. The average molecular weight is 242 g/mol. The van der Waals surface area contributed by atoms with E-state index in [9.17, 15) is 4.79 Å². The molecule has 0 aromatic carbocycles. The van der Waals surface area contributed by atoms with Crippen LogP contribution in [0.1, 0.15) is 23.1 Å². The predicted molar refractivity (Wildman–Crippen MR) is 58.5 cm³/mol. The Morgan fingerprint density at radius 2 is 2.47 bits per heavy atom. The molecule has 0 fully saturated rings. The fraction of sp³-hybridized carbons (Fsp3) is 0.222. The lowest BCUT2D eigenvalue weighted by Crippen LogP contribution is -2.11. The van der Waals surface area contributed by atoms with Gasteiger partial charge in [-0.2, -0.15) is 5.10 Å². The summed E-state index contributed by atoms with van der Waals surface area (Å²) in [6.07, 6.45) is 1.48. The van der Waals surface area contributed by atoms with Crippen molar-refractivity contribution in [3.05, 3.63) is 33.5 Å². The number of aryl methyl sites for hydroxylation is 1. The molecule has 0 aliphatic carbocycles. The quantitative estimate of drug-likeness (QED) is 0.775. The van der Waals surface area contributed by atoms with E-state index in [1.165, 1.54) is 17.5 Å². The van der Waals surface area contributed by atoms with E-state index >= 15 is 0 Å². The van der Waals surface area contributed by atoms with Crippen molar-refractivity contribution in [2.45, 2.75) is 13.5 Å². The van der Waals surface area contributed by atoms with Crippen molar-refractivity contribution >= 4 is 28.7 Å². The fourth-order valence-electron chi connectivity index (χ4n) is 1.27. The topological polar surface area (TPSA) is 47.8 Å². The smallest absolute Gasteiger partial charge is 0.231 e. The van der Waals surface area contributed by atoms with Crippen LogP contribution in [0.25, 0.3) is 0 Å². The molecule has 0 unspecified atom stereocenters. The first-order chi connectivity index (χ1) is 7.24. The summed E-state index contributed by atoms with van der Waals surface area (Å²) in [5.41, 5.74) is 2.44. The summed E-state index contributed by atoms with van der Waals surface area (Å²) >= 11 is 7.29. The van der Waals surface area contributed by atoms with Crippen LogP contribution in [0.2, 0.25) is 5.02 Å². The summed E-state index contributed by atoms with van der Waals surface area (Å²) in [6.45, 7) is 2.51. The molecule has 78 valence electrons. The number of aromatic nitrogens is 3. The standard InChI is InChI=1S/C9H8ClN3OS/c1-2-13-8(6(10)3-12-13)9(14)7-4-15-5-11-7/h3-5H,2H2,1H3. The van der Waals surface area contributed by atoms with Crippen LogP contribution in [0.15, 0.2) is 17.1 Å². The largest absolute Gasteiger partial charge is 0.285 e. The van der Waals surface area contributed by atoms with Crippen LogP contribution in [0.5, 0.6) is 0 Å². The molecule has 0 amide bonds. The number of rotatable bonds is 3. The van der Waals surface area contributed by atoms with Crippen LogP contribution in [-0.2, 0) is 6.54 Å². The minimum atomic E-state index is -0.180. The second-order valence-electron chi connectivity index (χ2n) is 2.86. The van der Waals surface area contributed by atoms with Crippen molar-refractivity contribution in [3.8, 4) is 0 Å². The SMILES string of the molecule is CCn1ncc(Cl)c1C(=O)c1cscn1. The third kappa shape index (κ3) is 1.80. The lowest BCUT2D eigenvalue weighted by atomic mass is 10.2. The lowest BCUT2D eigenvalue weighted by Gasteiger charge is -2.01. The van der Waals surface area contributed by atoms with Gasteiger partial charge in [0.2, 0.25) is 5.78 Å². The van der Waals surface area contributed by atoms with Crippen molar-refractivity contribution in [1.29, 1.82) is 0 Å². The Morgan fingerprint density at radius 3 is 3.07 bits per heavy atom. The van der Waals surface area contributed by atoms with Crippen LogP contribution in [0.4, 0.5) is 0 Å². The Balaban J connectivity index is 2.45. The molecule has 0 spiro atoms. The van der Waals surface area contributed by atoms with Crippen molar-refractivity contribution < 1.29 is 4.79 Å². The number of halogens is 1. The first-order valence-corrected chi connectivity index (χ1v) is 5.70. The lowest BCUT2D eigenvalue weighted by molar-refractivity contribution is 0.102. The molecule has 0 radical (unpaired) electrons. The number of thiazole rings is 1. The van der Waals surface area contributed by atoms with Crippen molar-refractivity contribution in [3.63, 3.8) is 0 Å². The zero-order valence-electron chi connectivity index (χ0n) is 7.98. The van der Waals surface area contributed by atoms with Gasteiger partial charge in [-0.25, -0.2) is 4.98 Å². The van der Waals surface area contributed by atoms with E-state index in [4.69, 9.17) is 11.6 Å². The average Bonchev–Trinajstić information content (AvgIpc) is 2.85. The number of nitrogens with zero attached hydrogens (tertiary/aromatic N) is 3. The highest BCUT2D eigenvalue weighted by molar-refractivity contribution is 7.07. The highest BCUT2D eigenvalue weighted by atomic mass is 35.5. The molecular formula is C9H8ClN3OS. The van der Waals surface area contributed by atoms with Crippen LogP contribution in [0.3, 0.4) is 0 Å². The molecule has 0 aliphatic rings. The van der Waals surface area contributed by atoms with Gasteiger partial charge in [-0.1, -0.05) is 11.6 Å². The Kier molecular flexibility index (Phi) is 2.83. The maximum Gasteiger partial charge on any atom is 0.231 e. The molecule has 0 bridgehead atoms. The predicted octanol–water partition coefficient (Wildman–Crippen LogP) is 2.24. The molecule has 2 aromatic rings. The van der Waals surface area contributed by atoms with Crippen molar-refractivity contribution in [1.82, 2.24) is 14.8 Å². The highest BCUT2D eigenvalue weighted by Gasteiger charge is 2.19. The maximum absolute atomic E-state index is 12.0. The summed E-state index contributed by atoms with van der Waals surface area (Å²) in [5, 5.41) is 6.07. The minimum Gasteiger partial charge on any atom is -0.285 e. The molecule has 2 heterocycles. The van der Waals surface area contributed by atoms with E-state index in [0.29, 0.717) is 23.0 Å². The van der Waals surface area contributed by atoms with E-state index in [2.05, 4.69) is 10.1 Å². The first kappa shape index (κ1) is 10.3. The van der Waals surface area contributed by atoms with Gasteiger partial charge in [0, 0.05) is 11.9 Å².